The van der Waals surface area contributed by atoms with Gasteiger partial charge in [0, 0.05) is 24.3 Å². The largest absolute Gasteiger partial charge is 0.330 e. The summed E-state index contributed by atoms with van der Waals surface area (Å²) in [5, 5.41) is 1.81. The molecule has 0 aliphatic carbocycles. The first-order valence-corrected chi connectivity index (χ1v) is 6.89. The average molecular weight is 259 g/mol. The maximum absolute atomic E-state index is 12.3. The predicted molar refractivity (Wildman–Crippen MR) is 69.4 cm³/mol. The van der Waals surface area contributed by atoms with Crippen LogP contribution in [0.25, 0.3) is 0 Å². The lowest BCUT2D eigenvalue weighted by Gasteiger charge is -2.24. The molecule has 1 aliphatic heterocycles. The molecule has 2 aromatic heterocycles. The van der Waals surface area contributed by atoms with Gasteiger partial charge in [0.1, 0.15) is 5.69 Å². The van der Waals surface area contributed by atoms with E-state index in [1.807, 2.05) is 22.4 Å². The van der Waals surface area contributed by atoms with Crippen molar-refractivity contribution in [3.8, 4) is 0 Å². The molecular formula is C13H13N3OS. The number of amides is 1. The highest BCUT2D eigenvalue weighted by atomic mass is 32.1. The second-order valence-electron chi connectivity index (χ2n) is 4.31. The van der Waals surface area contributed by atoms with Gasteiger partial charge in [0.25, 0.3) is 5.91 Å². The fourth-order valence-electron chi connectivity index (χ4n) is 2.41. The third-order valence-electron chi connectivity index (χ3n) is 3.26. The number of likely N-dealkylation sites (tertiary alicyclic amines) is 1. The monoisotopic (exact) mass is 259 g/mol. The molecule has 1 amide bonds. The summed E-state index contributed by atoms with van der Waals surface area (Å²) in [6.07, 6.45) is 5.61. The highest BCUT2D eigenvalue weighted by Crippen LogP contribution is 2.32. The van der Waals surface area contributed by atoms with Crippen molar-refractivity contribution in [2.75, 3.05) is 6.54 Å². The predicted octanol–water partition coefficient (Wildman–Crippen LogP) is 2.52. The third kappa shape index (κ3) is 2.01. The van der Waals surface area contributed by atoms with E-state index in [0.717, 1.165) is 24.9 Å². The lowest BCUT2D eigenvalue weighted by atomic mass is 10.1. The van der Waals surface area contributed by atoms with E-state index in [9.17, 15) is 4.79 Å². The lowest BCUT2D eigenvalue weighted by Crippen LogP contribution is -2.30. The Kier molecular flexibility index (Phi) is 3.06. The number of thiazole rings is 1. The molecule has 92 valence electrons. The minimum atomic E-state index is 0.0376. The van der Waals surface area contributed by atoms with Crippen LogP contribution in [0.15, 0.2) is 35.4 Å². The molecular weight excluding hydrogens is 246 g/mol. The molecule has 0 aromatic carbocycles. The number of carbonyl (C=O) groups excluding carboxylic acids is 1. The molecule has 0 N–H and O–H groups in total. The van der Waals surface area contributed by atoms with Crippen molar-refractivity contribution < 1.29 is 4.79 Å². The third-order valence-corrected chi connectivity index (χ3v) is 3.84. The number of carbonyl (C=O) groups is 1. The van der Waals surface area contributed by atoms with E-state index >= 15 is 0 Å². The van der Waals surface area contributed by atoms with Crippen LogP contribution >= 0.6 is 11.3 Å². The van der Waals surface area contributed by atoms with E-state index in [0.29, 0.717) is 5.69 Å². The van der Waals surface area contributed by atoms with Gasteiger partial charge < -0.3 is 4.90 Å². The molecule has 1 atom stereocenters. The van der Waals surface area contributed by atoms with Gasteiger partial charge in [0.05, 0.1) is 11.6 Å². The quantitative estimate of drug-likeness (QED) is 0.832. The van der Waals surface area contributed by atoms with Crippen molar-refractivity contribution in [1.29, 1.82) is 0 Å². The van der Waals surface area contributed by atoms with Gasteiger partial charge >= 0.3 is 0 Å². The maximum atomic E-state index is 12.3. The van der Waals surface area contributed by atoms with Crippen LogP contribution in [0.4, 0.5) is 0 Å². The summed E-state index contributed by atoms with van der Waals surface area (Å²) in [7, 11) is 0. The van der Waals surface area contributed by atoms with Crippen LogP contribution in [0, 0.1) is 0 Å². The Labute approximate surface area is 109 Å². The van der Waals surface area contributed by atoms with Crippen molar-refractivity contribution in [2.24, 2.45) is 0 Å². The molecule has 2 aromatic rings. The Morgan fingerprint density at radius 1 is 1.39 bits per heavy atom. The Bertz CT molecular complexity index is 526. The zero-order chi connectivity index (χ0) is 12.4. The summed E-state index contributed by atoms with van der Waals surface area (Å²) in [5.74, 6) is 0.0376. The SMILES string of the molecule is O=C(c1cscn1)N1CCCC1c1ccncc1. The van der Waals surface area contributed by atoms with Crippen molar-refractivity contribution in [3.05, 3.63) is 46.7 Å². The first-order chi connectivity index (χ1) is 8.86. The Morgan fingerprint density at radius 2 is 2.22 bits per heavy atom. The van der Waals surface area contributed by atoms with E-state index in [1.54, 1.807) is 17.9 Å². The van der Waals surface area contributed by atoms with Crippen LogP contribution in [0.1, 0.15) is 34.9 Å². The summed E-state index contributed by atoms with van der Waals surface area (Å²) < 4.78 is 0. The fraction of sp³-hybridized carbons (Fsp3) is 0.308. The summed E-state index contributed by atoms with van der Waals surface area (Å²) in [5.41, 5.74) is 3.41. The Balaban J connectivity index is 1.86. The van der Waals surface area contributed by atoms with E-state index < -0.39 is 0 Å². The van der Waals surface area contributed by atoms with Crippen molar-refractivity contribution in [1.82, 2.24) is 14.9 Å². The van der Waals surface area contributed by atoms with Crippen molar-refractivity contribution in [2.45, 2.75) is 18.9 Å². The van der Waals surface area contributed by atoms with Gasteiger partial charge in [-0.15, -0.1) is 11.3 Å². The lowest BCUT2D eigenvalue weighted by molar-refractivity contribution is 0.0730. The smallest absolute Gasteiger partial charge is 0.273 e. The fourth-order valence-corrected chi connectivity index (χ4v) is 2.93. The van der Waals surface area contributed by atoms with Crippen LogP contribution in [-0.4, -0.2) is 27.3 Å². The van der Waals surface area contributed by atoms with E-state index in [1.165, 1.54) is 11.3 Å². The van der Waals surface area contributed by atoms with Gasteiger partial charge in [0.15, 0.2) is 0 Å². The zero-order valence-corrected chi connectivity index (χ0v) is 10.6. The number of hydrogen-bond donors (Lipinski definition) is 0. The number of nitrogens with zero attached hydrogens (tertiary/aromatic N) is 3. The van der Waals surface area contributed by atoms with E-state index in [2.05, 4.69) is 9.97 Å². The van der Waals surface area contributed by atoms with Crippen molar-refractivity contribution in [3.63, 3.8) is 0 Å². The van der Waals surface area contributed by atoms with Crippen LogP contribution in [0.3, 0.4) is 0 Å². The minimum absolute atomic E-state index is 0.0376. The molecule has 5 heteroatoms. The molecule has 18 heavy (non-hydrogen) atoms. The molecule has 3 heterocycles. The molecule has 0 spiro atoms. The summed E-state index contributed by atoms with van der Waals surface area (Å²) in [4.78, 5) is 22.4. The maximum Gasteiger partial charge on any atom is 0.273 e. The van der Waals surface area contributed by atoms with Gasteiger partial charge in [-0.3, -0.25) is 9.78 Å². The number of pyridine rings is 1. The molecule has 1 unspecified atom stereocenters. The molecule has 1 saturated heterocycles. The molecule has 1 aliphatic rings. The van der Waals surface area contributed by atoms with Gasteiger partial charge in [-0.25, -0.2) is 4.98 Å². The van der Waals surface area contributed by atoms with E-state index in [4.69, 9.17) is 0 Å². The van der Waals surface area contributed by atoms with Crippen LogP contribution in [0.2, 0.25) is 0 Å². The standard InChI is InChI=1S/C13H13N3OS/c17-13(11-8-18-9-15-11)16-7-1-2-12(16)10-3-5-14-6-4-10/h3-6,8-9,12H,1-2,7H2. The van der Waals surface area contributed by atoms with Gasteiger partial charge in [-0.05, 0) is 30.5 Å². The molecule has 0 bridgehead atoms. The Hall–Kier alpha value is -1.75. The Morgan fingerprint density at radius 3 is 2.94 bits per heavy atom. The minimum Gasteiger partial charge on any atom is -0.330 e. The second kappa shape index (κ2) is 4.86. The van der Waals surface area contributed by atoms with Crippen LogP contribution < -0.4 is 0 Å². The molecule has 1 fully saturated rings. The highest BCUT2D eigenvalue weighted by Gasteiger charge is 2.31. The molecule has 4 nitrogen and oxygen atoms in total. The van der Waals surface area contributed by atoms with Gasteiger partial charge in [-0.1, -0.05) is 0 Å². The first kappa shape index (κ1) is 11.3. The summed E-state index contributed by atoms with van der Waals surface area (Å²) in [6, 6.07) is 4.14. The zero-order valence-electron chi connectivity index (χ0n) is 9.82. The van der Waals surface area contributed by atoms with Crippen LogP contribution in [-0.2, 0) is 0 Å². The number of rotatable bonds is 2. The van der Waals surface area contributed by atoms with Gasteiger partial charge in [0.2, 0.25) is 0 Å². The normalized spacial score (nSPS) is 19.1. The van der Waals surface area contributed by atoms with Crippen molar-refractivity contribution >= 4 is 17.2 Å². The second-order valence-corrected chi connectivity index (χ2v) is 5.03. The van der Waals surface area contributed by atoms with E-state index in [-0.39, 0.29) is 11.9 Å². The molecule has 0 radical (unpaired) electrons. The van der Waals surface area contributed by atoms with Gasteiger partial charge in [-0.2, -0.15) is 0 Å². The first-order valence-electron chi connectivity index (χ1n) is 5.95. The summed E-state index contributed by atoms with van der Waals surface area (Å²) in [6.45, 7) is 0.809. The highest BCUT2D eigenvalue weighted by molar-refractivity contribution is 7.07. The summed E-state index contributed by atoms with van der Waals surface area (Å²) >= 11 is 1.46. The number of aromatic nitrogens is 2. The molecule has 0 saturated carbocycles. The number of hydrogen-bond acceptors (Lipinski definition) is 4. The average Bonchev–Trinajstić information content (AvgIpc) is 3.10. The topological polar surface area (TPSA) is 46.1 Å². The molecule has 3 rings (SSSR count). The van der Waals surface area contributed by atoms with Crippen LogP contribution in [0.5, 0.6) is 0 Å².